The van der Waals surface area contributed by atoms with Gasteiger partial charge in [0.2, 0.25) is 5.13 Å². The van der Waals surface area contributed by atoms with Crippen molar-refractivity contribution < 1.29 is 14.8 Å². The molecule has 31 heavy (non-hydrogen) atoms. The molecular formula is C21H15N5O4S. The van der Waals surface area contributed by atoms with Crippen molar-refractivity contribution in [3.05, 3.63) is 76.3 Å². The molecule has 1 aromatic heterocycles. The number of aromatic nitrogens is 1. The van der Waals surface area contributed by atoms with Gasteiger partial charge in [-0.05, 0) is 30.3 Å². The summed E-state index contributed by atoms with van der Waals surface area (Å²) in [7, 11) is 1.57. The van der Waals surface area contributed by atoms with E-state index < -0.39 is 4.92 Å². The number of non-ortho nitro benzene ring substituents is 1. The number of aromatic hydroxyl groups is 1. The summed E-state index contributed by atoms with van der Waals surface area (Å²) in [6, 6.07) is 16.6. The number of nitrogens with zero attached hydrogens (tertiary/aromatic N) is 5. The monoisotopic (exact) mass is 433 g/mol. The fraction of sp³-hybridized carbons (Fsp3) is 0.0476. The number of benzene rings is 3. The van der Waals surface area contributed by atoms with Crippen LogP contribution in [0, 0.1) is 10.1 Å². The van der Waals surface area contributed by atoms with Crippen molar-refractivity contribution in [2.45, 2.75) is 0 Å². The highest BCUT2D eigenvalue weighted by Gasteiger charge is 2.10. The Morgan fingerprint density at radius 1 is 1.13 bits per heavy atom. The highest BCUT2D eigenvalue weighted by Crippen LogP contribution is 2.33. The van der Waals surface area contributed by atoms with Crippen LogP contribution in [0.3, 0.4) is 0 Å². The van der Waals surface area contributed by atoms with Crippen molar-refractivity contribution in [3.8, 4) is 11.5 Å². The molecule has 10 heteroatoms. The Morgan fingerprint density at radius 3 is 2.77 bits per heavy atom. The van der Waals surface area contributed by atoms with E-state index in [1.807, 2.05) is 0 Å². The minimum Gasteiger partial charge on any atom is -0.505 e. The summed E-state index contributed by atoms with van der Waals surface area (Å²) < 4.78 is 5.94. The number of phenols is 1. The molecule has 0 saturated heterocycles. The lowest BCUT2D eigenvalue weighted by molar-refractivity contribution is -0.384. The van der Waals surface area contributed by atoms with Crippen molar-refractivity contribution in [3.63, 3.8) is 0 Å². The number of nitro benzene ring substituents is 1. The van der Waals surface area contributed by atoms with E-state index in [0.29, 0.717) is 27.6 Å². The van der Waals surface area contributed by atoms with Crippen LogP contribution in [-0.2, 0) is 0 Å². The maximum absolute atomic E-state index is 10.9. The van der Waals surface area contributed by atoms with Gasteiger partial charge in [-0.25, -0.2) is 9.98 Å². The number of phenolic OH excluding ortho intramolecular Hbond substituents is 1. The third-order valence-electron chi connectivity index (χ3n) is 4.26. The van der Waals surface area contributed by atoms with E-state index in [1.165, 1.54) is 29.7 Å². The van der Waals surface area contributed by atoms with Crippen molar-refractivity contribution >= 4 is 50.0 Å². The number of ether oxygens (including phenoxy) is 1. The quantitative estimate of drug-likeness (QED) is 0.171. The maximum atomic E-state index is 10.9. The van der Waals surface area contributed by atoms with Gasteiger partial charge in [-0.15, -0.1) is 5.11 Å². The van der Waals surface area contributed by atoms with E-state index in [-0.39, 0.29) is 17.1 Å². The van der Waals surface area contributed by atoms with E-state index in [4.69, 9.17) is 4.74 Å². The fourth-order valence-corrected chi connectivity index (χ4v) is 3.51. The van der Waals surface area contributed by atoms with Crippen molar-refractivity contribution in [1.29, 1.82) is 0 Å². The number of methoxy groups -OCH3 is 1. The summed E-state index contributed by atoms with van der Waals surface area (Å²) in [5.74, 6) is 0.581. The molecule has 0 amide bonds. The van der Waals surface area contributed by atoms with E-state index in [0.717, 1.165) is 4.70 Å². The molecule has 4 rings (SSSR count). The van der Waals surface area contributed by atoms with E-state index in [1.54, 1.807) is 55.6 Å². The van der Waals surface area contributed by atoms with Gasteiger partial charge >= 0.3 is 0 Å². The molecule has 9 nitrogen and oxygen atoms in total. The van der Waals surface area contributed by atoms with Gasteiger partial charge in [0.1, 0.15) is 11.4 Å². The summed E-state index contributed by atoms with van der Waals surface area (Å²) in [6.07, 6.45) is 1.46. The number of hydrogen-bond acceptors (Lipinski definition) is 9. The minimum atomic E-state index is -0.467. The van der Waals surface area contributed by atoms with Gasteiger partial charge in [-0.2, -0.15) is 5.11 Å². The van der Waals surface area contributed by atoms with Crippen LogP contribution in [0.25, 0.3) is 10.2 Å². The van der Waals surface area contributed by atoms with Gasteiger partial charge < -0.3 is 9.84 Å². The molecule has 0 aliphatic rings. The van der Waals surface area contributed by atoms with Crippen LogP contribution in [0.15, 0.2) is 75.9 Å². The summed E-state index contributed by atoms with van der Waals surface area (Å²) >= 11 is 1.29. The molecule has 0 unspecified atom stereocenters. The lowest BCUT2D eigenvalue weighted by Crippen LogP contribution is -1.86. The highest BCUT2D eigenvalue weighted by molar-refractivity contribution is 7.22. The number of hydrogen-bond donors (Lipinski definition) is 1. The number of rotatable bonds is 6. The van der Waals surface area contributed by atoms with Gasteiger partial charge in [0.25, 0.3) is 5.69 Å². The largest absolute Gasteiger partial charge is 0.505 e. The molecule has 0 radical (unpaired) electrons. The van der Waals surface area contributed by atoms with Crippen LogP contribution >= 0.6 is 11.3 Å². The van der Waals surface area contributed by atoms with E-state index >= 15 is 0 Å². The molecule has 0 aliphatic carbocycles. The van der Waals surface area contributed by atoms with Gasteiger partial charge in [-0.3, -0.25) is 10.1 Å². The smallest absolute Gasteiger partial charge is 0.271 e. The molecule has 0 bridgehead atoms. The summed E-state index contributed by atoms with van der Waals surface area (Å²) in [5, 5.41) is 30.1. The molecule has 0 atom stereocenters. The zero-order valence-corrected chi connectivity index (χ0v) is 17.0. The second-order valence-corrected chi connectivity index (χ2v) is 7.29. The number of thiazole rings is 1. The Balaban J connectivity index is 1.58. The predicted molar refractivity (Wildman–Crippen MR) is 119 cm³/mol. The maximum Gasteiger partial charge on any atom is 0.271 e. The number of azo groups is 1. The first-order valence-corrected chi connectivity index (χ1v) is 9.82. The zero-order chi connectivity index (χ0) is 21.8. The molecule has 3 aromatic carbocycles. The average molecular weight is 433 g/mol. The van der Waals surface area contributed by atoms with Crippen molar-refractivity contribution in [1.82, 2.24) is 4.98 Å². The number of fused-ring (bicyclic) bond motifs is 1. The summed E-state index contributed by atoms with van der Waals surface area (Å²) in [5.41, 5.74) is 1.77. The Kier molecular flexibility index (Phi) is 5.63. The Morgan fingerprint density at radius 2 is 1.97 bits per heavy atom. The Labute approximate surface area is 180 Å². The number of nitro groups is 1. The highest BCUT2D eigenvalue weighted by atomic mass is 32.1. The number of aliphatic imine (C=N–C) groups is 1. The van der Waals surface area contributed by atoms with Crippen LogP contribution in [-0.4, -0.2) is 28.3 Å². The molecule has 1 heterocycles. The van der Waals surface area contributed by atoms with Gasteiger partial charge in [0.15, 0.2) is 5.75 Å². The summed E-state index contributed by atoms with van der Waals surface area (Å²) in [4.78, 5) is 19.0. The van der Waals surface area contributed by atoms with Crippen LogP contribution < -0.4 is 4.74 Å². The van der Waals surface area contributed by atoms with Crippen LogP contribution in [0.1, 0.15) is 5.56 Å². The van der Waals surface area contributed by atoms with E-state index in [2.05, 4.69) is 20.2 Å². The third-order valence-corrected chi connectivity index (χ3v) is 5.20. The standard InChI is InChI=1S/C21H15N5O4S/c1-30-16-6-3-5-14(10-16)24-25-17-7-2-4-13(20(17)27)12-22-21-23-18-11-15(26(28)29)8-9-19(18)31-21/h2-12,27H,1H3/b22-12+,25-24?. The molecule has 0 fully saturated rings. The summed E-state index contributed by atoms with van der Waals surface area (Å²) in [6.45, 7) is 0. The molecule has 154 valence electrons. The number of para-hydroxylation sites is 1. The second kappa shape index (κ2) is 8.67. The fourth-order valence-electron chi connectivity index (χ4n) is 2.72. The first-order chi connectivity index (χ1) is 15.0. The third kappa shape index (κ3) is 4.54. The van der Waals surface area contributed by atoms with Crippen molar-refractivity contribution in [2.24, 2.45) is 15.2 Å². The predicted octanol–water partition coefficient (Wildman–Crippen LogP) is 6.08. The van der Waals surface area contributed by atoms with Crippen LogP contribution in [0.5, 0.6) is 11.5 Å². The molecule has 1 N–H and O–H groups in total. The normalized spacial score (nSPS) is 11.5. The first-order valence-electron chi connectivity index (χ1n) is 9.00. The first kappa shape index (κ1) is 20.1. The Hall–Kier alpha value is -4.18. The van der Waals surface area contributed by atoms with Gasteiger partial charge in [0, 0.05) is 30.0 Å². The zero-order valence-electron chi connectivity index (χ0n) is 16.2. The van der Waals surface area contributed by atoms with Gasteiger partial charge in [-0.1, -0.05) is 23.5 Å². The van der Waals surface area contributed by atoms with Crippen molar-refractivity contribution in [2.75, 3.05) is 7.11 Å². The lowest BCUT2D eigenvalue weighted by Gasteiger charge is -2.02. The topological polar surface area (TPSA) is 123 Å². The molecule has 0 saturated carbocycles. The lowest BCUT2D eigenvalue weighted by atomic mass is 10.2. The average Bonchev–Trinajstić information content (AvgIpc) is 3.20. The van der Waals surface area contributed by atoms with Gasteiger partial charge in [0.05, 0.1) is 27.9 Å². The molecule has 4 aromatic rings. The molecule has 0 aliphatic heterocycles. The SMILES string of the molecule is COc1cccc(N=Nc2cccc(/C=N/c3nc4cc([N+](=O)[O-])ccc4s3)c2O)c1. The van der Waals surface area contributed by atoms with Crippen LogP contribution in [0.2, 0.25) is 0 Å². The minimum absolute atomic E-state index is 0.0277. The Bertz CT molecular complexity index is 1330. The van der Waals surface area contributed by atoms with Crippen LogP contribution in [0.4, 0.5) is 22.2 Å². The van der Waals surface area contributed by atoms with E-state index in [9.17, 15) is 15.2 Å². The molecular weight excluding hydrogens is 418 g/mol. The molecule has 0 spiro atoms. The second-order valence-electron chi connectivity index (χ2n) is 6.28.